The summed E-state index contributed by atoms with van der Waals surface area (Å²) in [7, 11) is 0. The zero-order chi connectivity index (χ0) is 13.1. The highest BCUT2D eigenvalue weighted by molar-refractivity contribution is 6.31. The van der Waals surface area contributed by atoms with E-state index in [9.17, 15) is 0 Å². The minimum absolute atomic E-state index is 0.280. The number of hydrogen-bond donors (Lipinski definition) is 0. The van der Waals surface area contributed by atoms with Crippen molar-refractivity contribution in [3.63, 3.8) is 0 Å². The van der Waals surface area contributed by atoms with Crippen LogP contribution in [0.1, 0.15) is 37.2 Å². The van der Waals surface area contributed by atoms with Crippen LogP contribution in [0.25, 0.3) is 0 Å². The molecule has 0 radical (unpaired) electrons. The molecule has 0 saturated carbocycles. The Balaban J connectivity index is 2.14. The highest BCUT2D eigenvalue weighted by Crippen LogP contribution is 2.26. The number of rotatable bonds is 4. The second kappa shape index (κ2) is 5.40. The van der Waals surface area contributed by atoms with Crippen molar-refractivity contribution in [1.29, 1.82) is 0 Å². The molecule has 1 aromatic carbocycles. The van der Waals surface area contributed by atoms with E-state index in [2.05, 4.69) is 17.1 Å². The molecule has 0 spiro atoms. The molecule has 0 aliphatic carbocycles. The molecule has 4 nitrogen and oxygen atoms in total. The van der Waals surface area contributed by atoms with Gasteiger partial charge in [0.15, 0.2) is 11.9 Å². The third-order valence-electron chi connectivity index (χ3n) is 2.60. The van der Waals surface area contributed by atoms with Gasteiger partial charge in [0.25, 0.3) is 5.89 Å². The average Bonchev–Trinajstić information content (AvgIpc) is 2.78. The monoisotopic (exact) mass is 266 g/mol. The summed E-state index contributed by atoms with van der Waals surface area (Å²) >= 11 is 6.06. The summed E-state index contributed by atoms with van der Waals surface area (Å²) in [6, 6.07) is 5.60. The molecule has 1 heterocycles. The van der Waals surface area contributed by atoms with E-state index in [4.69, 9.17) is 20.9 Å². The van der Waals surface area contributed by atoms with Crippen LogP contribution in [-0.4, -0.2) is 10.1 Å². The fourth-order valence-corrected chi connectivity index (χ4v) is 1.88. The fourth-order valence-electron chi connectivity index (χ4n) is 1.63. The quantitative estimate of drug-likeness (QED) is 0.846. The molecule has 2 rings (SSSR count). The molecule has 1 aromatic heterocycles. The first kappa shape index (κ1) is 12.9. The van der Waals surface area contributed by atoms with Gasteiger partial charge in [-0.05, 0) is 44.0 Å². The van der Waals surface area contributed by atoms with Gasteiger partial charge in [0.2, 0.25) is 0 Å². The van der Waals surface area contributed by atoms with Crippen LogP contribution in [0.3, 0.4) is 0 Å². The molecule has 1 atom stereocenters. The number of hydrogen-bond acceptors (Lipinski definition) is 4. The molecule has 0 aliphatic heterocycles. The largest absolute Gasteiger partial charge is 0.481 e. The topological polar surface area (TPSA) is 48.2 Å². The molecule has 2 aromatic rings. The smallest absolute Gasteiger partial charge is 0.267 e. The van der Waals surface area contributed by atoms with Crippen LogP contribution in [0, 0.1) is 6.92 Å². The van der Waals surface area contributed by atoms with Crippen molar-refractivity contribution < 1.29 is 9.26 Å². The molecule has 1 unspecified atom stereocenters. The molecular weight excluding hydrogens is 252 g/mol. The van der Waals surface area contributed by atoms with Crippen molar-refractivity contribution >= 4 is 11.6 Å². The zero-order valence-corrected chi connectivity index (χ0v) is 11.4. The summed E-state index contributed by atoms with van der Waals surface area (Å²) in [5.41, 5.74) is 1.06. The second-order valence-electron chi connectivity index (χ2n) is 4.05. The second-order valence-corrected chi connectivity index (χ2v) is 4.45. The molecule has 96 valence electrons. The Morgan fingerprint density at radius 2 is 2.22 bits per heavy atom. The standard InChI is InChI=1S/C13H15ClN2O2/c1-4-10-7-11(5-6-12(10)14)17-8(2)13-15-9(3)16-18-13/h5-8H,4H2,1-3H3. The molecule has 0 fully saturated rings. The van der Waals surface area contributed by atoms with Crippen LogP contribution in [0.4, 0.5) is 0 Å². The van der Waals surface area contributed by atoms with Crippen molar-refractivity contribution in [3.05, 3.63) is 40.5 Å². The van der Waals surface area contributed by atoms with Gasteiger partial charge in [-0.2, -0.15) is 4.98 Å². The van der Waals surface area contributed by atoms with Crippen LogP contribution >= 0.6 is 11.6 Å². The Morgan fingerprint density at radius 3 is 2.83 bits per heavy atom. The van der Waals surface area contributed by atoms with Crippen molar-refractivity contribution in [2.75, 3.05) is 0 Å². The predicted molar refractivity (Wildman–Crippen MR) is 68.9 cm³/mol. The van der Waals surface area contributed by atoms with E-state index < -0.39 is 0 Å². The zero-order valence-electron chi connectivity index (χ0n) is 10.6. The summed E-state index contributed by atoms with van der Waals surface area (Å²) in [5.74, 6) is 1.82. The van der Waals surface area contributed by atoms with E-state index in [1.54, 1.807) is 6.92 Å². The lowest BCUT2D eigenvalue weighted by molar-refractivity contribution is 0.175. The molecule has 5 heteroatoms. The lowest BCUT2D eigenvalue weighted by atomic mass is 10.1. The summed E-state index contributed by atoms with van der Waals surface area (Å²) in [4.78, 5) is 4.14. The Bertz CT molecular complexity index is 540. The molecule has 0 aliphatic rings. The maximum absolute atomic E-state index is 6.06. The van der Waals surface area contributed by atoms with Gasteiger partial charge in [0, 0.05) is 5.02 Å². The minimum atomic E-state index is -0.280. The number of halogens is 1. The van der Waals surface area contributed by atoms with Gasteiger partial charge in [-0.3, -0.25) is 0 Å². The Hall–Kier alpha value is -1.55. The highest BCUT2D eigenvalue weighted by Gasteiger charge is 2.15. The minimum Gasteiger partial charge on any atom is -0.481 e. The summed E-state index contributed by atoms with van der Waals surface area (Å²) < 4.78 is 10.8. The van der Waals surface area contributed by atoms with E-state index >= 15 is 0 Å². The van der Waals surface area contributed by atoms with Crippen molar-refractivity contribution in [3.8, 4) is 5.75 Å². The van der Waals surface area contributed by atoms with E-state index in [1.807, 2.05) is 25.1 Å². The number of ether oxygens (including phenoxy) is 1. The normalized spacial score (nSPS) is 12.4. The third kappa shape index (κ3) is 2.82. The van der Waals surface area contributed by atoms with Crippen molar-refractivity contribution in [2.45, 2.75) is 33.3 Å². The molecule has 18 heavy (non-hydrogen) atoms. The van der Waals surface area contributed by atoms with Crippen LogP contribution in [0.5, 0.6) is 5.75 Å². The van der Waals surface area contributed by atoms with E-state index in [-0.39, 0.29) is 6.10 Å². The van der Waals surface area contributed by atoms with Gasteiger partial charge in [-0.1, -0.05) is 23.7 Å². The number of benzene rings is 1. The SMILES string of the molecule is CCc1cc(OC(C)c2nc(C)no2)ccc1Cl. The van der Waals surface area contributed by atoms with Gasteiger partial charge in [-0.15, -0.1) is 0 Å². The Labute approximate surface area is 111 Å². The number of aryl methyl sites for hydroxylation is 2. The number of aromatic nitrogens is 2. The maximum Gasteiger partial charge on any atom is 0.267 e. The maximum atomic E-state index is 6.06. The molecule has 0 amide bonds. The van der Waals surface area contributed by atoms with Crippen molar-refractivity contribution in [1.82, 2.24) is 10.1 Å². The van der Waals surface area contributed by atoms with E-state index in [0.717, 1.165) is 22.8 Å². The first-order chi connectivity index (χ1) is 8.60. The van der Waals surface area contributed by atoms with E-state index in [1.165, 1.54) is 0 Å². The van der Waals surface area contributed by atoms with Crippen LogP contribution < -0.4 is 4.74 Å². The van der Waals surface area contributed by atoms with Crippen molar-refractivity contribution in [2.24, 2.45) is 0 Å². The van der Waals surface area contributed by atoms with Gasteiger partial charge in [0.05, 0.1) is 0 Å². The first-order valence-electron chi connectivity index (χ1n) is 5.85. The lowest BCUT2D eigenvalue weighted by Crippen LogP contribution is -2.04. The molecule has 0 bridgehead atoms. The summed E-state index contributed by atoms with van der Waals surface area (Å²) in [5, 5.41) is 4.50. The van der Waals surface area contributed by atoms with Gasteiger partial charge < -0.3 is 9.26 Å². The Kier molecular flexibility index (Phi) is 3.87. The van der Waals surface area contributed by atoms with Gasteiger partial charge >= 0.3 is 0 Å². The molecular formula is C13H15ClN2O2. The summed E-state index contributed by atoms with van der Waals surface area (Å²) in [6.07, 6.45) is 0.585. The van der Waals surface area contributed by atoms with Crippen LogP contribution in [-0.2, 0) is 6.42 Å². The van der Waals surface area contributed by atoms with E-state index in [0.29, 0.717) is 11.7 Å². The summed E-state index contributed by atoms with van der Waals surface area (Å²) in [6.45, 7) is 5.69. The third-order valence-corrected chi connectivity index (χ3v) is 2.97. The average molecular weight is 267 g/mol. The molecule has 0 N–H and O–H groups in total. The van der Waals surface area contributed by atoms with Crippen LogP contribution in [0.15, 0.2) is 22.7 Å². The van der Waals surface area contributed by atoms with Gasteiger partial charge in [0.1, 0.15) is 5.75 Å². The van der Waals surface area contributed by atoms with Crippen LogP contribution in [0.2, 0.25) is 5.02 Å². The first-order valence-corrected chi connectivity index (χ1v) is 6.23. The van der Waals surface area contributed by atoms with Gasteiger partial charge in [-0.25, -0.2) is 0 Å². The lowest BCUT2D eigenvalue weighted by Gasteiger charge is -2.12. The fraction of sp³-hybridized carbons (Fsp3) is 0.385. The molecule has 0 saturated heterocycles. The Morgan fingerprint density at radius 1 is 1.44 bits per heavy atom. The number of nitrogens with zero attached hydrogens (tertiary/aromatic N) is 2. The predicted octanol–water partition coefficient (Wildman–Crippen LogP) is 3.73. The highest BCUT2D eigenvalue weighted by atomic mass is 35.5.